The van der Waals surface area contributed by atoms with Gasteiger partial charge < -0.3 is 9.88 Å². The second kappa shape index (κ2) is 6.30. The van der Waals surface area contributed by atoms with E-state index in [2.05, 4.69) is 26.2 Å². The second-order valence-electron chi connectivity index (χ2n) is 4.40. The molecule has 0 bridgehead atoms. The number of imidazole rings is 1. The Kier molecular flexibility index (Phi) is 4.71. The molecular weight excluding hydrogens is 309 g/mol. The summed E-state index contributed by atoms with van der Waals surface area (Å²) in [6.07, 6.45) is 4.31. The summed E-state index contributed by atoms with van der Waals surface area (Å²) in [5, 5.41) is 3.32. The highest BCUT2D eigenvalue weighted by molar-refractivity contribution is 9.10. The highest BCUT2D eigenvalue weighted by atomic mass is 79.9. The van der Waals surface area contributed by atoms with E-state index in [9.17, 15) is 4.39 Å². The summed E-state index contributed by atoms with van der Waals surface area (Å²) < 4.78 is 16.8. The van der Waals surface area contributed by atoms with Gasteiger partial charge in [0.15, 0.2) is 0 Å². The third kappa shape index (κ3) is 3.22. The van der Waals surface area contributed by atoms with Crippen LogP contribution >= 0.6 is 15.9 Å². The Morgan fingerprint density at radius 2 is 2.26 bits per heavy atom. The minimum Gasteiger partial charge on any atom is -0.338 e. The number of aryl methyl sites for hydroxylation is 1. The molecule has 102 valence electrons. The number of likely N-dealkylation sites (N-methyl/N-ethyl adjacent to an activating group) is 1. The van der Waals surface area contributed by atoms with Crippen molar-refractivity contribution >= 4 is 15.9 Å². The minimum absolute atomic E-state index is 0.0957. The Morgan fingerprint density at radius 3 is 2.84 bits per heavy atom. The lowest BCUT2D eigenvalue weighted by Gasteiger charge is -2.20. The van der Waals surface area contributed by atoms with E-state index in [1.807, 2.05) is 30.8 Å². The Labute approximate surface area is 121 Å². The standard InChI is InChI=1S/C14H17BrFN3/c1-3-17-12(9-13-18-7-8-19(13)2)14-10(15)5-4-6-11(14)16/h4-8,12,17H,3,9H2,1-2H3. The van der Waals surface area contributed by atoms with Gasteiger partial charge in [0.25, 0.3) is 0 Å². The fourth-order valence-electron chi connectivity index (χ4n) is 2.14. The van der Waals surface area contributed by atoms with Gasteiger partial charge in [-0.15, -0.1) is 0 Å². The van der Waals surface area contributed by atoms with Crippen LogP contribution in [-0.2, 0) is 13.5 Å². The number of nitrogens with zero attached hydrogens (tertiary/aromatic N) is 2. The molecule has 0 spiro atoms. The van der Waals surface area contributed by atoms with Crippen LogP contribution in [0, 0.1) is 5.82 Å². The summed E-state index contributed by atoms with van der Waals surface area (Å²) in [7, 11) is 1.95. The zero-order chi connectivity index (χ0) is 13.8. The van der Waals surface area contributed by atoms with Crippen LogP contribution in [0.2, 0.25) is 0 Å². The summed E-state index contributed by atoms with van der Waals surface area (Å²) in [5.74, 6) is 0.732. The maximum atomic E-state index is 14.1. The molecule has 3 nitrogen and oxygen atoms in total. The first-order valence-corrected chi connectivity index (χ1v) is 7.06. The molecule has 1 N–H and O–H groups in total. The quantitative estimate of drug-likeness (QED) is 0.914. The van der Waals surface area contributed by atoms with Gasteiger partial charge in [-0.1, -0.05) is 28.9 Å². The first-order valence-electron chi connectivity index (χ1n) is 6.27. The topological polar surface area (TPSA) is 29.9 Å². The van der Waals surface area contributed by atoms with Crippen molar-refractivity contribution in [2.45, 2.75) is 19.4 Å². The minimum atomic E-state index is -0.200. The van der Waals surface area contributed by atoms with Crippen molar-refractivity contribution < 1.29 is 4.39 Å². The number of hydrogen-bond donors (Lipinski definition) is 1. The molecule has 1 unspecified atom stereocenters. The van der Waals surface area contributed by atoms with Crippen LogP contribution in [0.25, 0.3) is 0 Å². The van der Waals surface area contributed by atoms with Crippen molar-refractivity contribution in [3.8, 4) is 0 Å². The molecule has 0 aliphatic carbocycles. The molecule has 1 aromatic carbocycles. The van der Waals surface area contributed by atoms with E-state index in [4.69, 9.17) is 0 Å². The molecule has 19 heavy (non-hydrogen) atoms. The number of aromatic nitrogens is 2. The molecule has 1 heterocycles. The van der Waals surface area contributed by atoms with Crippen LogP contribution in [0.15, 0.2) is 35.1 Å². The van der Waals surface area contributed by atoms with Crippen molar-refractivity contribution in [1.29, 1.82) is 0 Å². The van der Waals surface area contributed by atoms with Crippen LogP contribution in [0.4, 0.5) is 4.39 Å². The average molecular weight is 326 g/mol. The number of rotatable bonds is 5. The summed E-state index contributed by atoms with van der Waals surface area (Å²) in [6.45, 7) is 2.79. The van der Waals surface area contributed by atoms with E-state index < -0.39 is 0 Å². The molecule has 0 fully saturated rings. The molecule has 0 aliphatic heterocycles. The van der Waals surface area contributed by atoms with Gasteiger partial charge in [-0.25, -0.2) is 9.37 Å². The molecule has 0 saturated heterocycles. The molecule has 1 atom stereocenters. The normalized spacial score (nSPS) is 12.6. The second-order valence-corrected chi connectivity index (χ2v) is 5.26. The zero-order valence-electron chi connectivity index (χ0n) is 11.0. The number of hydrogen-bond acceptors (Lipinski definition) is 2. The van der Waals surface area contributed by atoms with E-state index in [0.29, 0.717) is 12.0 Å². The zero-order valence-corrected chi connectivity index (χ0v) is 12.6. The smallest absolute Gasteiger partial charge is 0.129 e. The van der Waals surface area contributed by atoms with Crippen molar-refractivity contribution in [2.75, 3.05) is 6.54 Å². The predicted octanol–water partition coefficient (Wildman–Crippen LogP) is 3.22. The maximum absolute atomic E-state index is 14.1. The molecule has 0 saturated carbocycles. The summed E-state index contributed by atoms with van der Waals surface area (Å²) in [6, 6.07) is 4.96. The highest BCUT2D eigenvalue weighted by Gasteiger charge is 2.19. The molecule has 0 radical (unpaired) electrons. The maximum Gasteiger partial charge on any atom is 0.129 e. The summed E-state index contributed by atoms with van der Waals surface area (Å²) in [5.41, 5.74) is 0.660. The van der Waals surface area contributed by atoms with Gasteiger partial charge in [0.05, 0.1) is 0 Å². The number of halogens is 2. The van der Waals surface area contributed by atoms with E-state index in [1.54, 1.807) is 12.3 Å². The highest BCUT2D eigenvalue weighted by Crippen LogP contribution is 2.28. The Morgan fingerprint density at radius 1 is 1.47 bits per heavy atom. The molecular formula is C14H17BrFN3. The van der Waals surface area contributed by atoms with E-state index in [1.165, 1.54) is 6.07 Å². The summed E-state index contributed by atoms with van der Waals surface area (Å²) >= 11 is 3.43. The van der Waals surface area contributed by atoms with Gasteiger partial charge in [-0.3, -0.25) is 0 Å². The fourth-order valence-corrected chi connectivity index (χ4v) is 2.76. The van der Waals surface area contributed by atoms with E-state index >= 15 is 0 Å². The van der Waals surface area contributed by atoms with Gasteiger partial charge in [0.1, 0.15) is 11.6 Å². The third-order valence-corrected chi connectivity index (χ3v) is 3.80. The van der Waals surface area contributed by atoms with Gasteiger partial charge >= 0.3 is 0 Å². The van der Waals surface area contributed by atoms with Gasteiger partial charge in [0.2, 0.25) is 0 Å². The molecule has 0 amide bonds. The van der Waals surface area contributed by atoms with E-state index in [-0.39, 0.29) is 11.9 Å². The number of benzene rings is 1. The Bertz CT molecular complexity index is 533. The number of nitrogens with one attached hydrogen (secondary N) is 1. The molecule has 1 aromatic heterocycles. The SMILES string of the molecule is CCNC(Cc1nccn1C)c1c(F)cccc1Br. The fraction of sp³-hybridized carbons (Fsp3) is 0.357. The van der Waals surface area contributed by atoms with Crippen molar-refractivity contribution in [3.05, 3.63) is 52.3 Å². The Hall–Kier alpha value is -1.20. The largest absolute Gasteiger partial charge is 0.338 e. The third-order valence-electron chi connectivity index (χ3n) is 3.11. The first-order chi connectivity index (χ1) is 9.13. The van der Waals surface area contributed by atoms with Crippen LogP contribution in [0.1, 0.15) is 24.4 Å². The lowest BCUT2D eigenvalue weighted by molar-refractivity contribution is 0.494. The Balaban J connectivity index is 2.32. The van der Waals surface area contributed by atoms with Gasteiger partial charge in [0, 0.05) is 41.9 Å². The average Bonchev–Trinajstić information content (AvgIpc) is 2.75. The molecule has 5 heteroatoms. The van der Waals surface area contributed by atoms with Crippen LogP contribution < -0.4 is 5.32 Å². The molecule has 2 aromatic rings. The van der Waals surface area contributed by atoms with Crippen molar-refractivity contribution in [3.63, 3.8) is 0 Å². The van der Waals surface area contributed by atoms with Crippen LogP contribution in [-0.4, -0.2) is 16.1 Å². The van der Waals surface area contributed by atoms with Crippen molar-refractivity contribution in [2.24, 2.45) is 7.05 Å². The van der Waals surface area contributed by atoms with Crippen molar-refractivity contribution in [1.82, 2.24) is 14.9 Å². The first kappa shape index (κ1) is 14.2. The summed E-state index contributed by atoms with van der Waals surface area (Å²) in [4.78, 5) is 4.31. The van der Waals surface area contributed by atoms with Crippen LogP contribution in [0.5, 0.6) is 0 Å². The van der Waals surface area contributed by atoms with Gasteiger partial charge in [-0.2, -0.15) is 0 Å². The van der Waals surface area contributed by atoms with Crippen LogP contribution in [0.3, 0.4) is 0 Å². The van der Waals surface area contributed by atoms with Gasteiger partial charge in [-0.05, 0) is 18.7 Å². The lowest BCUT2D eigenvalue weighted by atomic mass is 10.0. The monoisotopic (exact) mass is 325 g/mol. The molecule has 0 aliphatic rings. The lowest BCUT2D eigenvalue weighted by Crippen LogP contribution is -2.25. The van der Waals surface area contributed by atoms with E-state index in [0.717, 1.165) is 16.8 Å². The molecule has 2 rings (SSSR count). The predicted molar refractivity (Wildman–Crippen MR) is 77.4 cm³/mol.